The summed E-state index contributed by atoms with van der Waals surface area (Å²) in [5.74, 6) is -1.02. The van der Waals surface area contributed by atoms with Crippen molar-refractivity contribution >= 4 is 28.0 Å². The molecule has 1 aromatic heterocycles. The average molecular weight is 442 g/mol. The number of carbonyl (C=O) groups is 2. The second-order valence-electron chi connectivity index (χ2n) is 6.37. The van der Waals surface area contributed by atoms with Crippen molar-refractivity contribution in [1.82, 2.24) is 5.32 Å². The van der Waals surface area contributed by atoms with Crippen LogP contribution in [0.4, 0.5) is 4.79 Å². The van der Waals surface area contributed by atoms with E-state index in [1.54, 1.807) is 0 Å². The first-order valence-corrected chi connectivity index (χ1v) is 9.44. The summed E-state index contributed by atoms with van der Waals surface area (Å²) in [6, 6.07) is 17.5. The zero-order valence-electron chi connectivity index (χ0n) is 14.6. The summed E-state index contributed by atoms with van der Waals surface area (Å²) < 4.78 is 11.0. The van der Waals surface area contributed by atoms with Crippen molar-refractivity contribution in [2.45, 2.75) is 12.5 Å². The van der Waals surface area contributed by atoms with E-state index < -0.39 is 12.1 Å². The molecular formula is C21H16BrNO5. The number of aromatic carboxylic acids is 1. The van der Waals surface area contributed by atoms with Gasteiger partial charge in [0.05, 0.1) is 6.54 Å². The number of nitrogens with one attached hydrogen (secondary N) is 1. The van der Waals surface area contributed by atoms with E-state index in [9.17, 15) is 9.59 Å². The largest absolute Gasteiger partial charge is 0.478 e. The first kappa shape index (κ1) is 18.3. The fraction of sp³-hybridized carbons (Fsp3) is 0.143. The highest BCUT2D eigenvalue weighted by Gasteiger charge is 2.29. The van der Waals surface area contributed by atoms with Crippen LogP contribution in [0.3, 0.4) is 0 Å². The minimum absolute atomic E-state index is 0.00850. The van der Waals surface area contributed by atoms with Gasteiger partial charge in [-0.3, -0.25) is 0 Å². The van der Waals surface area contributed by atoms with Gasteiger partial charge in [-0.15, -0.1) is 0 Å². The number of amides is 1. The smallest absolute Gasteiger partial charge is 0.407 e. The highest BCUT2D eigenvalue weighted by Crippen LogP contribution is 2.44. The number of fused-ring (bicyclic) bond motifs is 3. The third-order valence-electron chi connectivity index (χ3n) is 4.75. The zero-order chi connectivity index (χ0) is 19.7. The van der Waals surface area contributed by atoms with E-state index in [1.807, 2.05) is 36.4 Å². The molecule has 0 saturated carbocycles. The van der Waals surface area contributed by atoms with Crippen LogP contribution in [0.2, 0.25) is 0 Å². The second kappa shape index (κ2) is 7.52. The van der Waals surface area contributed by atoms with E-state index in [0.717, 1.165) is 22.3 Å². The van der Waals surface area contributed by atoms with Crippen molar-refractivity contribution in [3.05, 3.63) is 81.7 Å². The van der Waals surface area contributed by atoms with Crippen LogP contribution >= 0.6 is 15.9 Å². The summed E-state index contributed by atoms with van der Waals surface area (Å²) >= 11 is 3.09. The molecule has 1 amide bonds. The van der Waals surface area contributed by atoms with Crippen LogP contribution in [-0.2, 0) is 11.3 Å². The lowest BCUT2D eigenvalue weighted by Crippen LogP contribution is -2.26. The van der Waals surface area contributed by atoms with Crippen LogP contribution in [0.1, 0.15) is 33.2 Å². The van der Waals surface area contributed by atoms with Crippen molar-refractivity contribution < 1.29 is 23.8 Å². The lowest BCUT2D eigenvalue weighted by Gasteiger charge is -2.14. The molecule has 6 nitrogen and oxygen atoms in total. The molecule has 28 heavy (non-hydrogen) atoms. The van der Waals surface area contributed by atoms with Gasteiger partial charge >= 0.3 is 12.1 Å². The van der Waals surface area contributed by atoms with Crippen molar-refractivity contribution in [2.24, 2.45) is 0 Å². The number of benzene rings is 2. The first-order valence-electron chi connectivity index (χ1n) is 8.65. The van der Waals surface area contributed by atoms with Gasteiger partial charge in [-0.2, -0.15) is 0 Å². The number of carboxylic acids is 1. The van der Waals surface area contributed by atoms with E-state index >= 15 is 0 Å². The summed E-state index contributed by atoms with van der Waals surface area (Å²) in [5, 5.41) is 11.7. The van der Waals surface area contributed by atoms with E-state index in [1.165, 1.54) is 6.07 Å². The van der Waals surface area contributed by atoms with Crippen LogP contribution in [0, 0.1) is 0 Å². The Hall–Kier alpha value is -3.06. The highest BCUT2D eigenvalue weighted by molar-refractivity contribution is 9.10. The van der Waals surface area contributed by atoms with E-state index in [-0.39, 0.29) is 35.1 Å². The molecular weight excluding hydrogens is 426 g/mol. The van der Waals surface area contributed by atoms with Gasteiger partial charge in [0.15, 0.2) is 4.67 Å². The third-order valence-corrected chi connectivity index (χ3v) is 5.14. The SMILES string of the molecule is O=C(NCc1oc(Br)cc1C(=O)O)OCC1c2ccccc2-c2ccccc21. The average Bonchev–Trinajstić information content (AvgIpc) is 3.23. The molecule has 1 heterocycles. The molecule has 1 aliphatic rings. The Morgan fingerprint density at radius 2 is 1.68 bits per heavy atom. The molecule has 0 unspecified atom stereocenters. The fourth-order valence-electron chi connectivity index (χ4n) is 3.51. The number of halogens is 1. The van der Waals surface area contributed by atoms with Crippen molar-refractivity contribution in [2.75, 3.05) is 6.61 Å². The normalized spacial score (nSPS) is 12.3. The zero-order valence-corrected chi connectivity index (χ0v) is 16.2. The molecule has 0 radical (unpaired) electrons. The molecule has 0 atom stereocenters. The molecule has 0 bridgehead atoms. The fourth-order valence-corrected chi connectivity index (χ4v) is 3.93. The van der Waals surface area contributed by atoms with Crippen LogP contribution in [-0.4, -0.2) is 23.8 Å². The standard InChI is InChI=1S/C21H16BrNO5/c22-19-9-16(20(24)25)18(28-19)10-23-21(26)27-11-17-14-7-3-1-5-12(14)13-6-2-4-8-15(13)17/h1-9,17H,10-11H2,(H,23,26)(H,24,25). The number of hydrogen-bond donors (Lipinski definition) is 2. The maximum Gasteiger partial charge on any atom is 0.407 e. The van der Waals surface area contributed by atoms with E-state index in [4.69, 9.17) is 14.3 Å². The molecule has 2 N–H and O–H groups in total. The predicted molar refractivity (Wildman–Crippen MR) is 105 cm³/mol. The number of hydrogen-bond acceptors (Lipinski definition) is 4. The maximum absolute atomic E-state index is 12.2. The van der Waals surface area contributed by atoms with Gasteiger partial charge in [-0.1, -0.05) is 48.5 Å². The van der Waals surface area contributed by atoms with Crippen LogP contribution in [0.25, 0.3) is 11.1 Å². The number of carbonyl (C=O) groups excluding carboxylic acids is 1. The number of alkyl carbamates (subject to hydrolysis) is 1. The number of carboxylic acid groups (broad SMARTS) is 1. The minimum atomic E-state index is -1.13. The van der Waals surface area contributed by atoms with Gasteiger partial charge in [-0.25, -0.2) is 9.59 Å². The Balaban J connectivity index is 1.42. The predicted octanol–water partition coefficient (Wildman–Crippen LogP) is 4.78. The Labute approximate surface area is 169 Å². The molecule has 2 aromatic carbocycles. The summed E-state index contributed by atoms with van der Waals surface area (Å²) in [5.41, 5.74) is 4.54. The Morgan fingerprint density at radius 1 is 1.07 bits per heavy atom. The molecule has 0 fully saturated rings. The lowest BCUT2D eigenvalue weighted by atomic mass is 9.98. The summed E-state index contributed by atoms with van der Waals surface area (Å²) in [6.07, 6.45) is -0.634. The molecule has 1 aliphatic carbocycles. The van der Waals surface area contributed by atoms with Gasteiger partial charge in [-0.05, 0) is 38.2 Å². The van der Waals surface area contributed by atoms with Gasteiger partial charge < -0.3 is 19.6 Å². The molecule has 0 saturated heterocycles. The number of ether oxygens (including phenoxy) is 1. The molecule has 7 heteroatoms. The summed E-state index contributed by atoms with van der Waals surface area (Å²) in [4.78, 5) is 23.3. The van der Waals surface area contributed by atoms with E-state index in [0.29, 0.717) is 0 Å². The summed E-state index contributed by atoms with van der Waals surface area (Å²) in [7, 11) is 0. The van der Waals surface area contributed by atoms with Crippen molar-refractivity contribution in [3.63, 3.8) is 0 Å². The van der Waals surface area contributed by atoms with Gasteiger partial charge in [0, 0.05) is 12.0 Å². The lowest BCUT2D eigenvalue weighted by molar-refractivity contribution is 0.0693. The molecule has 0 spiro atoms. The molecule has 4 rings (SSSR count). The quantitative estimate of drug-likeness (QED) is 0.594. The maximum atomic E-state index is 12.2. The van der Waals surface area contributed by atoms with Crippen LogP contribution < -0.4 is 5.32 Å². The molecule has 142 valence electrons. The Kier molecular flexibility index (Phi) is 4.92. The van der Waals surface area contributed by atoms with E-state index in [2.05, 4.69) is 33.4 Å². The van der Waals surface area contributed by atoms with Gasteiger partial charge in [0.1, 0.15) is 17.9 Å². The number of rotatable bonds is 5. The van der Waals surface area contributed by atoms with Crippen LogP contribution in [0.5, 0.6) is 0 Å². The minimum Gasteiger partial charge on any atom is -0.478 e. The highest BCUT2D eigenvalue weighted by atomic mass is 79.9. The van der Waals surface area contributed by atoms with Crippen molar-refractivity contribution in [1.29, 1.82) is 0 Å². The second-order valence-corrected chi connectivity index (χ2v) is 7.15. The van der Waals surface area contributed by atoms with Crippen LogP contribution in [0.15, 0.2) is 63.7 Å². The van der Waals surface area contributed by atoms with Crippen molar-refractivity contribution in [3.8, 4) is 11.1 Å². The Morgan fingerprint density at radius 3 is 2.29 bits per heavy atom. The first-order chi connectivity index (χ1) is 13.5. The topological polar surface area (TPSA) is 88.8 Å². The Bertz CT molecular complexity index is 1010. The molecule has 3 aromatic rings. The molecule has 0 aliphatic heterocycles. The van der Waals surface area contributed by atoms with Gasteiger partial charge in [0.25, 0.3) is 0 Å². The van der Waals surface area contributed by atoms with Gasteiger partial charge in [0.2, 0.25) is 0 Å². The number of furan rings is 1. The third kappa shape index (κ3) is 3.41. The monoisotopic (exact) mass is 441 g/mol. The summed E-state index contributed by atoms with van der Waals surface area (Å²) in [6.45, 7) is 0.109.